The maximum absolute atomic E-state index is 12.5. The molecule has 0 aromatic heterocycles. The molecule has 0 bridgehead atoms. The summed E-state index contributed by atoms with van der Waals surface area (Å²) in [6, 6.07) is 9.50. The second-order valence-electron chi connectivity index (χ2n) is 9.24. The van der Waals surface area contributed by atoms with Gasteiger partial charge in [0, 0.05) is 12.8 Å². The molecule has 34 heavy (non-hydrogen) atoms. The summed E-state index contributed by atoms with van der Waals surface area (Å²) in [5.74, 6) is -2.79. The smallest absolute Gasteiger partial charge is 0.333 e. The van der Waals surface area contributed by atoms with Crippen LogP contribution in [0.2, 0.25) is 0 Å². The van der Waals surface area contributed by atoms with E-state index in [0.29, 0.717) is 24.3 Å². The Hall–Kier alpha value is -2.70. The fraction of sp³-hybridized carbons (Fsp3) is 0.630. The van der Waals surface area contributed by atoms with Gasteiger partial charge >= 0.3 is 11.9 Å². The van der Waals surface area contributed by atoms with Crippen LogP contribution in [0.3, 0.4) is 0 Å². The number of aliphatic carboxylic acids is 1. The third-order valence-corrected chi connectivity index (χ3v) is 6.49. The Morgan fingerprint density at radius 2 is 1.56 bits per heavy atom. The fourth-order valence-electron chi connectivity index (χ4n) is 4.37. The Labute approximate surface area is 202 Å². The highest BCUT2D eigenvalue weighted by molar-refractivity contribution is 6.03. The normalized spacial score (nSPS) is 16.6. The lowest BCUT2D eigenvalue weighted by Gasteiger charge is -2.14. The van der Waals surface area contributed by atoms with Crippen molar-refractivity contribution in [1.29, 1.82) is 0 Å². The number of carbonyl (C=O) groups excluding carboxylic acids is 3. The molecular formula is C27H39NO6. The average Bonchev–Trinajstić information content (AvgIpc) is 3.07. The molecule has 1 heterocycles. The monoisotopic (exact) mass is 473 g/mol. The summed E-state index contributed by atoms with van der Waals surface area (Å²) >= 11 is 0. The minimum Gasteiger partial charge on any atom is -0.481 e. The lowest BCUT2D eigenvalue weighted by atomic mass is 9.98. The van der Waals surface area contributed by atoms with Crippen molar-refractivity contribution in [3.8, 4) is 0 Å². The van der Waals surface area contributed by atoms with Crippen LogP contribution in [0.4, 0.5) is 0 Å². The van der Waals surface area contributed by atoms with Gasteiger partial charge in [0.05, 0.1) is 11.8 Å². The molecule has 7 nitrogen and oxygen atoms in total. The van der Waals surface area contributed by atoms with Crippen molar-refractivity contribution in [2.45, 2.75) is 96.8 Å². The zero-order valence-corrected chi connectivity index (χ0v) is 20.4. The number of hydrogen-bond acceptors (Lipinski definition) is 5. The number of imide groups is 1. The molecule has 2 atom stereocenters. The molecule has 0 aliphatic carbocycles. The van der Waals surface area contributed by atoms with Crippen molar-refractivity contribution in [1.82, 2.24) is 5.06 Å². The molecule has 7 heteroatoms. The molecule has 0 saturated carbocycles. The summed E-state index contributed by atoms with van der Waals surface area (Å²) in [6.07, 6.45) is 11.4. The summed E-state index contributed by atoms with van der Waals surface area (Å²) < 4.78 is 0. The maximum Gasteiger partial charge on any atom is 0.333 e. The van der Waals surface area contributed by atoms with Gasteiger partial charge in [-0.1, -0.05) is 88.6 Å². The van der Waals surface area contributed by atoms with Crippen LogP contribution in [0.5, 0.6) is 0 Å². The van der Waals surface area contributed by atoms with Gasteiger partial charge in [0.2, 0.25) is 0 Å². The zero-order chi connectivity index (χ0) is 24.8. The van der Waals surface area contributed by atoms with Crippen LogP contribution in [0.15, 0.2) is 30.3 Å². The molecule has 2 unspecified atom stereocenters. The highest BCUT2D eigenvalue weighted by atomic mass is 16.7. The summed E-state index contributed by atoms with van der Waals surface area (Å²) in [7, 11) is 0. The van der Waals surface area contributed by atoms with Crippen molar-refractivity contribution in [2.24, 2.45) is 11.8 Å². The SMILES string of the molecule is CCC(CCCCCCCCCCCC(=O)ON1C(=O)CC(Cc2ccccc2)C1=O)C(=O)O. The number of carboxylic acids is 1. The number of rotatable bonds is 17. The highest BCUT2D eigenvalue weighted by Crippen LogP contribution is 2.24. The van der Waals surface area contributed by atoms with E-state index >= 15 is 0 Å². The first-order valence-electron chi connectivity index (χ1n) is 12.8. The molecule has 2 amide bonds. The summed E-state index contributed by atoms with van der Waals surface area (Å²) in [4.78, 5) is 52.8. The first kappa shape index (κ1) is 27.5. The molecule has 188 valence electrons. The van der Waals surface area contributed by atoms with E-state index < -0.39 is 29.7 Å². The number of benzene rings is 1. The predicted molar refractivity (Wildman–Crippen MR) is 128 cm³/mol. The molecule has 1 aliphatic rings. The van der Waals surface area contributed by atoms with Gasteiger partial charge in [-0.2, -0.15) is 0 Å². The van der Waals surface area contributed by atoms with Crippen molar-refractivity contribution in [3.05, 3.63) is 35.9 Å². The van der Waals surface area contributed by atoms with E-state index in [1.165, 1.54) is 0 Å². The standard InChI is InChI=1S/C27H39NO6/c1-2-22(27(32)33)17-13-8-6-4-3-5-7-9-14-18-25(30)34-28-24(29)20-23(26(28)31)19-21-15-11-10-12-16-21/h10-12,15-16,22-23H,2-9,13-14,17-20H2,1H3,(H,32,33). The minimum absolute atomic E-state index is 0.0692. The first-order chi connectivity index (χ1) is 16.4. The molecule has 1 saturated heterocycles. The Balaban J connectivity index is 1.50. The van der Waals surface area contributed by atoms with Gasteiger partial charge in [-0.15, -0.1) is 5.06 Å². The third-order valence-electron chi connectivity index (χ3n) is 6.49. The van der Waals surface area contributed by atoms with E-state index in [2.05, 4.69) is 0 Å². The number of hydroxylamine groups is 2. The van der Waals surface area contributed by atoms with Crippen LogP contribution in [-0.2, 0) is 30.4 Å². The van der Waals surface area contributed by atoms with Gasteiger partial charge in [-0.3, -0.25) is 14.4 Å². The van der Waals surface area contributed by atoms with Crippen LogP contribution in [0, 0.1) is 11.8 Å². The topological polar surface area (TPSA) is 101 Å². The van der Waals surface area contributed by atoms with Gasteiger partial charge < -0.3 is 9.94 Å². The summed E-state index contributed by atoms with van der Waals surface area (Å²) in [6.45, 7) is 1.92. The van der Waals surface area contributed by atoms with E-state index in [1.54, 1.807) is 0 Å². The molecule has 1 aromatic carbocycles. The molecule has 2 rings (SSSR count). The van der Waals surface area contributed by atoms with Crippen LogP contribution < -0.4 is 0 Å². The van der Waals surface area contributed by atoms with Crippen molar-refractivity contribution in [3.63, 3.8) is 0 Å². The molecule has 1 N–H and O–H groups in total. The number of carbonyl (C=O) groups is 4. The molecule has 1 aromatic rings. The molecule has 1 aliphatic heterocycles. The lowest BCUT2D eigenvalue weighted by Crippen LogP contribution is -2.33. The van der Waals surface area contributed by atoms with E-state index in [-0.39, 0.29) is 18.8 Å². The number of amides is 2. The fourth-order valence-corrected chi connectivity index (χ4v) is 4.37. The maximum atomic E-state index is 12.5. The third kappa shape index (κ3) is 9.65. The van der Waals surface area contributed by atoms with Crippen molar-refractivity contribution < 1.29 is 29.1 Å². The van der Waals surface area contributed by atoms with Gasteiger partial charge in [0.15, 0.2) is 0 Å². The van der Waals surface area contributed by atoms with Gasteiger partial charge in [0.25, 0.3) is 11.8 Å². The van der Waals surface area contributed by atoms with E-state index in [1.807, 2.05) is 37.3 Å². The number of hydrogen-bond donors (Lipinski definition) is 1. The first-order valence-corrected chi connectivity index (χ1v) is 12.8. The Morgan fingerprint density at radius 1 is 0.971 bits per heavy atom. The summed E-state index contributed by atoms with van der Waals surface area (Å²) in [5, 5.41) is 9.71. The minimum atomic E-state index is -0.683. The summed E-state index contributed by atoms with van der Waals surface area (Å²) in [5.41, 5.74) is 0.977. The largest absolute Gasteiger partial charge is 0.481 e. The predicted octanol–water partition coefficient (Wildman–Crippen LogP) is 5.46. The molecule has 0 spiro atoms. The van der Waals surface area contributed by atoms with E-state index in [0.717, 1.165) is 63.4 Å². The van der Waals surface area contributed by atoms with Crippen molar-refractivity contribution >= 4 is 23.8 Å². The molecule has 0 radical (unpaired) electrons. The Kier molecular flexibility index (Phi) is 12.4. The molecular weight excluding hydrogens is 434 g/mol. The van der Waals surface area contributed by atoms with Crippen LogP contribution in [-0.4, -0.2) is 33.9 Å². The number of unbranched alkanes of at least 4 members (excludes halogenated alkanes) is 8. The average molecular weight is 474 g/mol. The highest BCUT2D eigenvalue weighted by Gasteiger charge is 2.41. The Morgan fingerprint density at radius 3 is 2.15 bits per heavy atom. The number of nitrogens with zero attached hydrogens (tertiary/aromatic N) is 1. The second kappa shape index (κ2) is 15.3. The second-order valence-corrected chi connectivity index (χ2v) is 9.24. The quantitative estimate of drug-likeness (QED) is 0.238. The van der Waals surface area contributed by atoms with E-state index in [9.17, 15) is 19.2 Å². The van der Waals surface area contributed by atoms with E-state index in [4.69, 9.17) is 9.94 Å². The Bertz CT molecular complexity index is 794. The number of carboxylic acid groups (broad SMARTS) is 1. The van der Waals surface area contributed by atoms with Crippen molar-refractivity contribution in [2.75, 3.05) is 0 Å². The zero-order valence-electron chi connectivity index (χ0n) is 20.4. The van der Waals surface area contributed by atoms with Crippen LogP contribution >= 0.6 is 0 Å². The van der Waals surface area contributed by atoms with Crippen LogP contribution in [0.1, 0.15) is 96.0 Å². The molecule has 1 fully saturated rings. The van der Waals surface area contributed by atoms with Gasteiger partial charge in [0.1, 0.15) is 0 Å². The lowest BCUT2D eigenvalue weighted by molar-refractivity contribution is -0.198. The van der Waals surface area contributed by atoms with Crippen LogP contribution in [0.25, 0.3) is 0 Å². The van der Waals surface area contributed by atoms with Gasteiger partial charge in [-0.25, -0.2) is 4.79 Å². The van der Waals surface area contributed by atoms with Gasteiger partial charge in [-0.05, 0) is 31.2 Å².